The quantitative estimate of drug-likeness (QED) is 0.920. The topological polar surface area (TPSA) is 32.7 Å². The normalized spacial score (nSPS) is 28.9. The van der Waals surface area contributed by atoms with Crippen LogP contribution in [0.25, 0.3) is 0 Å². The molecule has 0 radical (unpaired) electrons. The lowest BCUT2D eigenvalue weighted by Gasteiger charge is -2.46. The highest BCUT2D eigenvalue weighted by atomic mass is 16.5. The smallest absolute Gasteiger partial charge is 0.115 e. The first-order chi connectivity index (χ1) is 9.74. The van der Waals surface area contributed by atoms with Crippen molar-refractivity contribution in [2.24, 2.45) is 0 Å². The third-order valence-corrected chi connectivity index (χ3v) is 4.81. The van der Waals surface area contributed by atoms with Gasteiger partial charge in [-0.2, -0.15) is 0 Å². The number of hydrogen-bond acceptors (Lipinski definition) is 3. The number of fused-ring (bicyclic) bond motifs is 1. The van der Waals surface area contributed by atoms with Crippen LogP contribution in [0, 0.1) is 0 Å². The molecule has 1 aromatic carbocycles. The molecule has 20 heavy (non-hydrogen) atoms. The maximum atomic E-state index is 9.37. The van der Waals surface area contributed by atoms with E-state index in [1.807, 2.05) is 12.1 Å². The molecule has 2 aliphatic rings. The Morgan fingerprint density at radius 2 is 2.00 bits per heavy atom. The molecule has 3 unspecified atom stereocenters. The number of morpholine rings is 1. The number of phenols is 1. The molecule has 0 spiro atoms. The van der Waals surface area contributed by atoms with E-state index < -0.39 is 0 Å². The van der Waals surface area contributed by atoms with Crippen molar-refractivity contribution in [1.82, 2.24) is 4.90 Å². The highest BCUT2D eigenvalue weighted by molar-refractivity contribution is 5.26. The molecule has 0 bridgehead atoms. The fraction of sp³-hybridized carbons (Fsp3) is 0.647. The Kier molecular flexibility index (Phi) is 4.27. The molecule has 0 amide bonds. The van der Waals surface area contributed by atoms with Crippen LogP contribution in [-0.4, -0.2) is 41.3 Å². The minimum absolute atomic E-state index is 0.347. The van der Waals surface area contributed by atoms with Gasteiger partial charge in [0.15, 0.2) is 0 Å². The number of nitrogens with zero attached hydrogens (tertiary/aromatic N) is 1. The summed E-state index contributed by atoms with van der Waals surface area (Å²) in [5, 5.41) is 9.37. The van der Waals surface area contributed by atoms with E-state index in [2.05, 4.69) is 11.8 Å². The molecule has 3 rings (SSSR count). The molecule has 3 atom stereocenters. The molecule has 1 aliphatic heterocycles. The number of hydrogen-bond donors (Lipinski definition) is 1. The zero-order valence-electron chi connectivity index (χ0n) is 12.3. The standard InChI is InChI=1S/C17H25NO2/c1-13(12-14-6-8-15(19)9-7-14)18-10-11-20-17-5-3-2-4-16(17)18/h6-9,13,16-17,19H,2-5,10-12H2,1H3. The van der Waals surface area contributed by atoms with E-state index in [9.17, 15) is 5.11 Å². The second-order valence-corrected chi connectivity index (χ2v) is 6.22. The molecular weight excluding hydrogens is 250 g/mol. The largest absolute Gasteiger partial charge is 0.508 e. The monoisotopic (exact) mass is 275 g/mol. The summed E-state index contributed by atoms with van der Waals surface area (Å²) in [6, 6.07) is 8.78. The minimum Gasteiger partial charge on any atom is -0.508 e. The summed E-state index contributed by atoms with van der Waals surface area (Å²) in [4.78, 5) is 2.65. The number of rotatable bonds is 3. The van der Waals surface area contributed by atoms with E-state index >= 15 is 0 Å². The van der Waals surface area contributed by atoms with Crippen molar-refractivity contribution in [3.63, 3.8) is 0 Å². The SMILES string of the molecule is CC(Cc1ccc(O)cc1)N1CCOC2CCCCC21. The van der Waals surface area contributed by atoms with E-state index in [0.29, 0.717) is 23.9 Å². The van der Waals surface area contributed by atoms with Crippen molar-refractivity contribution in [3.8, 4) is 5.75 Å². The summed E-state index contributed by atoms with van der Waals surface area (Å²) >= 11 is 0. The number of ether oxygens (including phenoxy) is 1. The third-order valence-electron chi connectivity index (χ3n) is 4.81. The molecule has 1 aromatic rings. The first-order valence-electron chi connectivity index (χ1n) is 7.89. The lowest BCUT2D eigenvalue weighted by Crippen LogP contribution is -2.56. The molecule has 1 N–H and O–H groups in total. The van der Waals surface area contributed by atoms with Gasteiger partial charge in [-0.3, -0.25) is 4.90 Å². The molecule has 3 heteroatoms. The molecular formula is C17H25NO2. The molecule has 1 saturated heterocycles. The van der Waals surface area contributed by atoms with Gasteiger partial charge in [0.1, 0.15) is 5.75 Å². The van der Waals surface area contributed by atoms with Crippen molar-refractivity contribution in [3.05, 3.63) is 29.8 Å². The lowest BCUT2D eigenvalue weighted by atomic mass is 9.88. The van der Waals surface area contributed by atoms with Crippen molar-refractivity contribution in [1.29, 1.82) is 0 Å². The lowest BCUT2D eigenvalue weighted by molar-refractivity contribution is -0.1000. The zero-order chi connectivity index (χ0) is 13.9. The van der Waals surface area contributed by atoms with Crippen LogP contribution in [0.2, 0.25) is 0 Å². The van der Waals surface area contributed by atoms with Crippen LogP contribution in [0.1, 0.15) is 38.2 Å². The summed E-state index contributed by atoms with van der Waals surface area (Å²) < 4.78 is 5.95. The maximum Gasteiger partial charge on any atom is 0.115 e. The van der Waals surface area contributed by atoms with Gasteiger partial charge >= 0.3 is 0 Å². The van der Waals surface area contributed by atoms with Crippen molar-refractivity contribution in [2.75, 3.05) is 13.2 Å². The predicted octanol–water partition coefficient (Wildman–Crippen LogP) is 2.97. The molecule has 1 saturated carbocycles. The molecule has 0 aromatic heterocycles. The van der Waals surface area contributed by atoms with Crippen LogP contribution >= 0.6 is 0 Å². The van der Waals surface area contributed by atoms with Crippen molar-refractivity contribution in [2.45, 2.75) is 57.2 Å². The van der Waals surface area contributed by atoms with Gasteiger partial charge in [0, 0.05) is 18.6 Å². The van der Waals surface area contributed by atoms with Gasteiger partial charge in [-0.15, -0.1) is 0 Å². The van der Waals surface area contributed by atoms with E-state index in [0.717, 1.165) is 19.6 Å². The highest BCUT2D eigenvalue weighted by Crippen LogP contribution is 2.30. The summed E-state index contributed by atoms with van der Waals surface area (Å²) in [6.45, 7) is 4.26. The van der Waals surface area contributed by atoms with Crippen molar-refractivity contribution >= 4 is 0 Å². The van der Waals surface area contributed by atoms with Crippen LogP contribution in [0.3, 0.4) is 0 Å². The van der Waals surface area contributed by atoms with E-state index in [1.54, 1.807) is 12.1 Å². The maximum absolute atomic E-state index is 9.37. The second-order valence-electron chi connectivity index (χ2n) is 6.22. The Labute approximate surface area is 121 Å². The van der Waals surface area contributed by atoms with Crippen LogP contribution in [0.5, 0.6) is 5.75 Å². The number of phenolic OH excluding ortho intramolecular Hbond substituents is 1. The van der Waals surface area contributed by atoms with Gasteiger partial charge < -0.3 is 9.84 Å². The Morgan fingerprint density at radius 1 is 1.25 bits per heavy atom. The average Bonchev–Trinajstić information content (AvgIpc) is 2.49. The zero-order valence-corrected chi connectivity index (χ0v) is 12.3. The van der Waals surface area contributed by atoms with E-state index in [-0.39, 0.29) is 0 Å². The van der Waals surface area contributed by atoms with Crippen LogP contribution < -0.4 is 0 Å². The Hall–Kier alpha value is -1.06. The summed E-state index contributed by atoms with van der Waals surface area (Å²) in [7, 11) is 0. The fourth-order valence-electron chi connectivity index (χ4n) is 3.76. The molecule has 110 valence electrons. The third kappa shape index (κ3) is 2.99. The molecule has 1 aliphatic carbocycles. The first kappa shape index (κ1) is 13.9. The van der Waals surface area contributed by atoms with Crippen LogP contribution in [0.15, 0.2) is 24.3 Å². The van der Waals surface area contributed by atoms with Crippen LogP contribution in [0.4, 0.5) is 0 Å². The van der Waals surface area contributed by atoms with Gasteiger partial charge in [0.25, 0.3) is 0 Å². The Morgan fingerprint density at radius 3 is 2.80 bits per heavy atom. The molecule has 1 heterocycles. The average molecular weight is 275 g/mol. The minimum atomic E-state index is 0.347. The van der Waals surface area contributed by atoms with Gasteiger partial charge in [-0.1, -0.05) is 25.0 Å². The van der Waals surface area contributed by atoms with Gasteiger partial charge in [0.05, 0.1) is 12.7 Å². The Balaban J connectivity index is 1.66. The first-order valence-corrected chi connectivity index (χ1v) is 7.89. The number of aromatic hydroxyl groups is 1. The highest BCUT2D eigenvalue weighted by Gasteiger charge is 2.36. The van der Waals surface area contributed by atoms with E-state index in [4.69, 9.17) is 4.74 Å². The predicted molar refractivity (Wildman–Crippen MR) is 80.0 cm³/mol. The Bertz CT molecular complexity index is 429. The number of benzene rings is 1. The summed E-state index contributed by atoms with van der Waals surface area (Å²) in [5.74, 6) is 0.347. The van der Waals surface area contributed by atoms with Crippen LogP contribution in [-0.2, 0) is 11.2 Å². The summed E-state index contributed by atoms with van der Waals surface area (Å²) in [5.41, 5.74) is 1.30. The summed E-state index contributed by atoms with van der Waals surface area (Å²) in [6.07, 6.45) is 6.68. The van der Waals surface area contributed by atoms with Gasteiger partial charge in [-0.05, 0) is 43.9 Å². The fourth-order valence-corrected chi connectivity index (χ4v) is 3.76. The van der Waals surface area contributed by atoms with Gasteiger partial charge in [-0.25, -0.2) is 0 Å². The molecule has 2 fully saturated rings. The van der Waals surface area contributed by atoms with Crippen molar-refractivity contribution < 1.29 is 9.84 Å². The molecule has 3 nitrogen and oxygen atoms in total. The van der Waals surface area contributed by atoms with E-state index in [1.165, 1.54) is 31.2 Å². The van der Waals surface area contributed by atoms with Gasteiger partial charge in [0.2, 0.25) is 0 Å². The second kappa shape index (κ2) is 6.15.